The van der Waals surface area contributed by atoms with Crippen LogP contribution in [-0.2, 0) is 14.4 Å². The molecule has 1 aliphatic rings. The summed E-state index contributed by atoms with van der Waals surface area (Å²) in [5, 5.41) is 10.8. The molecule has 0 saturated carbocycles. The van der Waals surface area contributed by atoms with Gasteiger partial charge in [0.25, 0.3) is 0 Å². The third-order valence-corrected chi connectivity index (χ3v) is 2.58. The second kappa shape index (κ2) is 6.01. The molecule has 2 atom stereocenters. The van der Waals surface area contributed by atoms with E-state index in [4.69, 9.17) is 0 Å². The van der Waals surface area contributed by atoms with Crippen LogP contribution in [0.5, 0.6) is 0 Å². The van der Waals surface area contributed by atoms with Crippen molar-refractivity contribution < 1.29 is 14.4 Å². The molecule has 1 aliphatic heterocycles. The Bertz CT molecular complexity index is 366. The maximum atomic E-state index is 11.9. The molecule has 3 amide bonds. The zero-order valence-corrected chi connectivity index (χ0v) is 11.8. The largest absolute Gasteiger partial charge is 0.353 e. The number of nitrogens with one attached hydrogen (secondary N) is 4. The van der Waals surface area contributed by atoms with Crippen LogP contribution in [-0.4, -0.2) is 48.4 Å². The van der Waals surface area contributed by atoms with Crippen molar-refractivity contribution in [3.63, 3.8) is 0 Å². The van der Waals surface area contributed by atoms with Crippen LogP contribution in [0.4, 0.5) is 0 Å². The minimum atomic E-state index is -0.619. The number of carbonyl (C=O) groups is 3. The fourth-order valence-electron chi connectivity index (χ4n) is 1.61. The fraction of sp³-hybridized carbons (Fsp3) is 0.750. The van der Waals surface area contributed by atoms with E-state index in [-0.39, 0.29) is 36.3 Å². The Morgan fingerprint density at radius 3 is 2.47 bits per heavy atom. The first-order chi connectivity index (χ1) is 8.69. The molecule has 0 aromatic rings. The van der Waals surface area contributed by atoms with E-state index in [1.165, 1.54) is 0 Å². The summed E-state index contributed by atoms with van der Waals surface area (Å²) in [6.07, 6.45) is 0. The number of rotatable bonds is 3. The maximum Gasteiger partial charge on any atom is 0.242 e. The minimum absolute atomic E-state index is 0.112. The van der Waals surface area contributed by atoms with Crippen molar-refractivity contribution in [2.45, 2.75) is 45.3 Å². The van der Waals surface area contributed by atoms with Gasteiger partial charge in [-0.25, -0.2) is 0 Å². The van der Waals surface area contributed by atoms with Gasteiger partial charge < -0.3 is 16.0 Å². The summed E-state index contributed by atoms with van der Waals surface area (Å²) in [6, 6.07) is -1.12. The molecule has 1 rings (SSSR count). The molecule has 1 fully saturated rings. The summed E-state index contributed by atoms with van der Waals surface area (Å²) in [7, 11) is 0. The molecule has 4 N–H and O–H groups in total. The molecule has 0 spiro atoms. The first-order valence-corrected chi connectivity index (χ1v) is 6.31. The van der Waals surface area contributed by atoms with Crippen molar-refractivity contribution in [1.29, 1.82) is 0 Å². The molecule has 7 heteroatoms. The number of amides is 3. The number of hydrogen-bond donors (Lipinski definition) is 4. The van der Waals surface area contributed by atoms with Crippen LogP contribution in [0.3, 0.4) is 0 Å². The van der Waals surface area contributed by atoms with E-state index >= 15 is 0 Å². The van der Waals surface area contributed by atoms with E-state index in [1.807, 2.05) is 20.8 Å². The Morgan fingerprint density at radius 1 is 1.37 bits per heavy atom. The zero-order valence-electron chi connectivity index (χ0n) is 11.8. The molecular formula is C12H22N4O3. The summed E-state index contributed by atoms with van der Waals surface area (Å²) in [5.74, 6) is -0.667. The van der Waals surface area contributed by atoms with Gasteiger partial charge in [0, 0.05) is 12.1 Å². The summed E-state index contributed by atoms with van der Waals surface area (Å²) >= 11 is 0. The van der Waals surface area contributed by atoms with Gasteiger partial charge in [0.2, 0.25) is 17.7 Å². The van der Waals surface area contributed by atoms with E-state index in [0.29, 0.717) is 0 Å². The molecule has 0 aliphatic carbocycles. The highest BCUT2D eigenvalue weighted by molar-refractivity contribution is 5.91. The van der Waals surface area contributed by atoms with Gasteiger partial charge in [0.15, 0.2) is 0 Å². The Balaban J connectivity index is 2.43. The second-order valence-electron chi connectivity index (χ2n) is 5.71. The number of piperazine rings is 1. The Morgan fingerprint density at radius 2 is 2.00 bits per heavy atom. The molecule has 2 unspecified atom stereocenters. The van der Waals surface area contributed by atoms with Crippen molar-refractivity contribution in [2.75, 3.05) is 13.1 Å². The SMILES string of the molecule is CC(NC(=O)C1CNC(=O)CN1)C(=O)NC(C)(C)C. The highest BCUT2D eigenvalue weighted by Crippen LogP contribution is 1.99. The van der Waals surface area contributed by atoms with E-state index < -0.39 is 12.1 Å². The average Bonchev–Trinajstić information content (AvgIpc) is 2.27. The van der Waals surface area contributed by atoms with Gasteiger partial charge >= 0.3 is 0 Å². The predicted octanol–water partition coefficient (Wildman–Crippen LogP) is -1.51. The van der Waals surface area contributed by atoms with Crippen LogP contribution in [0.2, 0.25) is 0 Å². The first-order valence-electron chi connectivity index (χ1n) is 6.31. The molecule has 7 nitrogen and oxygen atoms in total. The lowest BCUT2D eigenvalue weighted by Crippen LogP contribution is -2.60. The molecular weight excluding hydrogens is 248 g/mol. The van der Waals surface area contributed by atoms with Crippen LogP contribution in [0.25, 0.3) is 0 Å². The lowest BCUT2D eigenvalue weighted by molar-refractivity contribution is -0.131. The summed E-state index contributed by atoms with van der Waals surface area (Å²) in [6.45, 7) is 7.59. The van der Waals surface area contributed by atoms with Gasteiger partial charge in [0.05, 0.1) is 6.54 Å². The summed E-state index contributed by atoms with van der Waals surface area (Å²) < 4.78 is 0. The Labute approximate surface area is 112 Å². The third kappa shape index (κ3) is 5.25. The van der Waals surface area contributed by atoms with E-state index in [9.17, 15) is 14.4 Å². The first kappa shape index (κ1) is 15.4. The van der Waals surface area contributed by atoms with Crippen LogP contribution >= 0.6 is 0 Å². The molecule has 0 bridgehead atoms. The lowest BCUT2D eigenvalue weighted by Gasteiger charge is -2.26. The standard InChI is InChI=1S/C12H22N4O3/c1-7(10(18)16-12(2,3)4)15-11(19)8-5-14-9(17)6-13-8/h7-8,13H,5-6H2,1-4H3,(H,14,17)(H,15,19)(H,16,18). The van der Waals surface area contributed by atoms with Crippen molar-refractivity contribution in [2.24, 2.45) is 0 Å². The molecule has 0 radical (unpaired) electrons. The predicted molar refractivity (Wildman–Crippen MR) is 70.3 cm³/mol. The van der Waals surface area contributed by atoms with E-state index in [2.05, 4.69) is 21.3 Å². The smallest absolute Gasteiger partial charge is 0.242 e. The quantitative estimate of drug-likeness (QED) is 0.501. The van der Waals surface area contributed by atoms with Gasteiger partial charge in [-0.15, -0.1) is 0 Å². The number of hydrogen-bond acceptors (Lipinski definition) is 4. The van der Waals surface area contributed by atoms with Crippen molar-refractivity contribution in [3.8, 4) is 0 Å². The van der Waals surface area contributed by atoms with Gasteiger partial charge in [-0.3, -0.25) is 19.7 Å². The fourth-order valence-corrected chi connectivity index (χ4v) is 1.61. The normalized spacial score (nSPS) is 21.3. The van der Waals surface area contributed by atoms with Crippen LogP contribution in [0.15, 0.2) is 0 Å². The average molecular weight is 270 g/mol. The van der Waals surface area contributed by atoms with Crippen molar-refractivity contribution >= 4 is 17.7 Å². The maximum absolute atomic E-state index is 11.9. The van der Waals surface area contributed by atoms with E-state index in [0.717, 1.165) is 0 Å². The van der Waals surface area contributed by atoms with Crippen molar-refractivity contribution in [1.82, 2.24) is 21.3 Å². The van der Waals surface area contributed by atoms with Gasteiger partial charge in [-0.05, 0) is 27.7 Å². The highest BCUT2D eigenvalue weighted by Gasteiger charge is 2.27. The topological polar surface area (TPSA) is 99.3 Å². The molecule has 0 aromatic carbocycles. The molecule has 108 valence electrons. The molecule has 19 heavy (non-hydrogen) atoms. The lowest BCUT2D eigenvalue weighted by atomic mass is 10.1. The monoisotopic (exact) mass is 270 g/mol. The highest BCUT2D eigenvalue weighted by atomic mass is 16.2. The third-order valence-electron chi connectivity index (χ3n) is 2.58. The second-order valence-corrected chi connectivity index (χ2v) is 5.71. The summed E-state index contributed by atoms with van der Waals surface area (Å²) in [4.78, 5) is 34.6. The molecule has 1 saturated heterocycles. The van der Waals surface area contributed by atoms with Crippen LogP contribution < -0.4 is 21.3 Å². The van der Waals surface area contributed by atoms with Crippen LogP contribution in [0.1, 0.15) is 27.7 Å². The summed E-state index contributed by atoms with van der Waals surface area (Å²) in [5.41, 5.74) is -0.340. The van der Waals surface area contributed by atoms with Crippen molar-refractivity contribution in [3.05, 3.63) is 0 Å². The molecule has 0 aromatic heterocycles. The Hall–Kier alpha value is -1.63. The minimum Gasteiger partial charge on any atom is -0.353 e. The van der Waals surface area contributed by atoms with Crippen LogP contribution in [0, 0.1) is 0 Å². The molecule has 1 heterocycles. The number of carbonyl (C=O) groups excluding carboxylic acids is 3. The van der Waals surface area contributed by atoms with Gasteiger partial charge in [-0.1, -0.05) is 0 Å². The van der Waals surface area contributed by atoms with Gasteiger partial charge in [0.1, 0.15) is 12.1 Å². The Kier molecular flexibility index (Phi) is 4.88. The zero-order chi connectivity index (χ0) is 14.6. The van der Waals surface area contributed by atoms with Gasteiger partial charge in [-0.2, -0.15) is 0 Å². The van der Waals surface area contributed by atoms with E-state index in [1.54, 1.807) is 6.92 Å².